The molecule has 0 radical (unpaired) electrons. The number of allylic oxidation sites excluding steroid dienone is 1. The Bertz CT molecular complexity index is 167. The second-order valence-electron chi connectivity index (χ2n) is 1.74. The minimum atomic E-state index is 0.238. The summed E-state index contributed by atoms with van der Waals surface area (Å²) >= 11 is 0. The number of nitrogens with two attached hydrogens (primary N) is 2. The zero-order chi connectivity index (χ0) is 7.44. The van der Waals surface area contributed by atoms with Crippen molar-refractivity contribution in [3.05, 3.63) is 23.7 Å². The minimum Gasteiger partial charge on any atom is -0.396 e. The average molecular weight is 125 g/mol. The monoisotopic (exact) mass is 125 g/mol. The molecule has 0 bridgehead atoms. The summed E-state index contributed by atoms with van der Waals surface area (Å²) in [5.41, 5.74) is 11.8. The van der Waals surface area contributed by atoms with E-state index in [2.05, 4.69) is 18.3 Å². The van der Waals surface area contributed by atoms with Gasteiger partial charge >= 0.3 is 0 Å². The van der Waals surface area contributed by atoms with E-state index in [1.165, 1.54) is 0 Å². The van der Waals surface area contributed by atoms with Gasteiger partial charge in [-0.25, -0.2) is 4.99 Å². The molecule has 0 atom stereocenters. The van der Waals surface area contributed by atoms with Crippen LogP contribution in [-0.4, -0.2) is 6.72 Å². The SMILES string of the molecule is C=N/C(N)=C(/N)C(=C)C. The Morgan fingerprint density at radius 1 is 1.44 bits per heavy atom. The number of aliphatic imine (C=N–C) groups is 1. The first kappa shape index (κ1) is 7.75. The Morgan fingerprint density at radius 3 is 2.00 bits per heavy atom. The van der Waals surface area contributed by atoms with Gasteiger partial charge in [0.1, 0.15) is 5.82 Å². The molecule has 0 aromatic heterocycles. The van der Waals surface area contributed by atoms with Gasteiger partial charge in [0.2, 0.25) is 0 Å². The van der Waals surface area contributed by atoms with Crippen LogP contribution in [0.3, 0.4) is 0 Å². The molecule has 0 rings (SSSR count). The maximum absolute atomic E-state index is 5.39. The lowest BCUT2D eigenvalue weighted by Gasteiger charge is -1.99. The van der Waals surface area contributed by atoms with Crippen molar-refractivity contribution in [2.75, 3.05) is 0 Å². The predicted molar refractivity (Wildman–Crippen MR) is 39.8 cm³/mol. The Morgan fingerprint density at radius 2 is 1.89 bits per heavy atom. The van der Waals surface area contributed by atoms with Crippen molar-refractivity contribution in [1.82, 2.24) is 0 Å². The van der Waals surface area contributed by atoms with Crippen LogP contribution in [0, 0.1) is 0 Å². The molecule has 50 valence electrons. The van der Waals surface area contributed by atoms with Crippen LogP contribution in [0.15, 0.2) is 28.7 Å². The maximum atomic E-state index is 5.39. The van der Waals surface area contributed by atoms with Crippen LogP contribution in [0.1, 0.15) is 6.92 Å². The number of hydrogen-bond acceptors (Lipinski definition) is 3. The van der Waals surface area contributed by atoms with Gasteiger partial charge in [-0.1, -0.05) is 6.58 Å². The van der Waals surface area contributed by atoms with Gasteiger partial charge in [-0.3, -0.25) is 0 Å². The van der Waals surface area contributed by atoms with E-state index in [4.69, 9.17) is 11.5 Å². The summed E-state index contributed by atoms with van der Waals surface area (Å²) in [5, 5.41) is 0. The van der Waals surface area contributed by atoms with Crippen LogP contribution in [0.25, 0.3) is 0 Å². The summed E-state index contributed by atoms with van der Waals surface area (Å²) in [6.45, 7) is 8.54. The molecule has 0 aromatic rings. The molecule has 0 amide bonds. The standard InChI is InChI=1S/C6H11N3/c1-4(2)5(7)6(8)9-3/h1,3,7-8H2,2H3/b6-5+. The van der Waals surface area contributed by atoms with Crippen molar-refractivity contribution < 1.29 is 0 Å². The summed E-state index contributed by atoms with van der Waals surface area (Å²) < 4.78 is 0. The third-order valence-electron chi connectivity index (χ3n) is 0.906. The fraction of sp³-hybridized carbons (Fsp3) is 0.167. The summed E-state index contributed by atoms with van der Waals surface area (Å²) in [6, 6.07) is 0. The van der Waals surface area contributed by atoms with Gasteiger partial charge < -0.3 is 11.5 Å². The van der Waals surface area contributed by atoms with Crippen LogP contribution >= 0.6 is 0 Å². The van der Waals surface area contributed by atoms with Crippen LogP contribution < -0.4 is 11.5 Å². The van der Waals surface area contributed by atoms with Crippen LogP contribution in [0.5, 0.6) is 0 Å². The molecule has 0 aliphatic heterocycles. The third kappa shape index (κ3) is 1.99. The molecule has 0 saturated heterocycles. The quantitative estimate of drug-likeness (QED) is 0.413. The molecule has 0 aromatic carbocycles. The summed E-state index contributed by atoms with van der Waals surface area (Å²) in [5.74, 6) is 0.238. The van der Waals surface area contributed by atoms with E-state index in [0.29, 0.717) is 11.3 Å². The zero-order valence-corrected chi connectivity index (χ0v) is 5.52. The van der Waals surface area contributed by atoms with Gasteiger partial charge in [0.25, 0.3) is 0 Å². The van der Waals surface area contributed by atoms with Gasteiger partial charge in [-0.2, -0.15) is 0 Å². The van der Waals surface area contributed by atoms with Crippen molar-refractivity contribution in [2.45, 2.75) is 6.92 Å². The molecule has 3 heteroatoms. The minimum absolute atomic E-state index is 0.238. The molecule has 0 saturated carbocycles. The van der Waals surface area contributed by atoms with Crippen molar-refractivity contribution in [1.29, 1.82) is 0 Å². The summed E-state index contributed by atoms with van der Waals surface area (Å²) in [7, 11) is 0. The Kier molecular flexibility index (Phi) is 2.51. The first-order chi connectivity index (χ1) is 4.09. The molecule has 0 unspecified atom stereocenters. The van der Waals surface area contributed by atoms with Crippen molar-refractivity contribution in [3.8, 4) is 0 Å². The highest BCUT2D eigenvalue weighted by atomic mass is 14.9. The topological polar surface area (TPSA) is 64.4 Å². The first-order valence-corrected chi connectivity index (χ1v) is 2.47. The predicted octanol–water partition coefficient (Wildman–Crippen LogP) is 0.350. The number of nitrogens with zero attached hydrogens (tertiary/aromatic N) is 1. The second kappa shape index (κ2) is 2.91. The molecule has 4 N–H and O–H groups in total. The molecule has 9 heavy (non-hydrogen) atoms. The molecule has 0 aliphatic rings. The highest BCUT2D eigenvalue weighted by molar-refractivity contribution is 5.34. The van der Waals surface area contributed by atoms with E-state index >= 15 is 0 Å². The van der Waals surface area contributed by atoms with Crippen LogP contribution in [-0.2, 0) is 0 Å². The summed E-state index contributed by atoms with van der Waals surface area (Å²) in [4.78, 5) is 3.43. The van der Waals surface area contributed by atoms with Gasteiger partial charge in [-0.05, 0) is 19.2 Å². The van der Waals surface area contributed by atoms with Gasteiger partial charge in [-0.15, -0.1) is 0 Å². The highest BCUT2D eigenvalue weighted by Gasteiger charge is 1.94. The fourth-order valence-electron chi connectivity index (χ4n) is 0.304. The smallest absolute Gasteiger partial charge is 0.146 e. The van der Waals surface area contributed by atoms with Crippen molar-refractivity contribution in [3.63, 3.8) is 0 Å². The van der Waals surface area contributed by atoms with E-state index in [1.807, 2.05) is 0 Å². The molecule has 0 spiro atoms. The molecule has 0 aliphatic carbocycles. The molecule has 0 heterocycles. The van der Waals surface area contributed by atoms with E-state index in [1.54, 1.807) is 6.92 Å². The van der Waals surface area contributed by atoms with Crippen molar-refractivity contribution >= 4 is 6.72 Å². The number of rotatable bonds is 2. The first-order valence-electron chi connectivity index (χ1n) is 2.47. The third-order valence-corrected chi connectivity index (χ3v) is 0.906. The molecule has 0 fully saturated rings. The largest absolute Gasteiger partial charge is 0.396 e. The number of hydrogen-bond donors (Lipinski definition) is 2. The van der Waals surface area contributed by atoms with Crippen LogP contribution in [0.4, 0.5) is 0 Å². The van der Waals surface area contributed by atoms with Crippen LogP contribution in [0.2, 0.25) is 0 Å². The molecular weight excluding hydrogens is 114 g/mol. The van der Waals surface area contributed by atoms with E-state index in [9.17, 15) is 0 Å². The van der Waals surface area contributed by atoms with E-state index < -0.39 is 0 Å². The van der Waals surface area contributed by atoms with E-state index in [-0.39, 0.29) is 5.82 Å². The zero-order valence-electron chi connectivity index (χ0n) is 5.52. The Balaban J connectivity index is 4.47. The fourth-order valence-corrected chi connectivity index (χ4v) is 0.304. The van der Waals surface area contributed by atoms with E-state index in [0.717, 1.165) is 0 Å². The lowest BCUT2D eigenvalue weighted by atomic mass is 10.2. The Labute approximate surface area is 54.8 Å². The average Bonchev–Trinajstić information content (AvgIpc) is 1.84. The Hall–Kier alpha value is -1.25. The maximum Gasteiger partial charge on any atom is 0.146 e. The second-order valence-corrected chi connectivity index (χ2v) is 1.74. The normalized spacial score (nSPS) is 12.1. The highest BCUT2D eigenvalue weighted by Crippen LogP contribution is 2.01. The van der Waals surface area contributed by atoms with Crippen molar-refractivity contribution in [2.24, 2.45) is 16.5 Å². The molecule has 3 nitrogen and oxygen atoms in total. The summed E-state index contributed by atoms with van der Waals surface area (Å²) in [6.07, 6.45) is 0. The van der Waals surface area contributed by atoms with Gasteiger partial charge in [0.05, 0.1) is 5.70 Å². The molecular formula is C6H11N3. The lowest BCUT2D eigenvalue weighted by molar-refractivity contribution is 1.14. The van der Waals surface area contributed by atoms with Gasteiger partial charge in [0.15, 0.2) is 0 Å². The van der Waals surface area contributed by atoms with Gasteiger partial charge in [0, 0.05) is 0 Å². The lowest BCUT2D eigenvalue weighted by Crippen LogP contribution is -2.07.